The standard InChI is InChI=1S/C14H11BrN2O4S/c15-12-5-7-13(8-6-12)22(20,21)17-16-9-10-1-3-11(4-2-10)14(18)19/h1-9,17H,(H,18,19). The predicted molar refractivity (Wildman–Crippen MR) is 85.5 cm³/mol. The molecule has 0 unspecified atom stereocenters. The molecule has 0 spiro atoms. The third-order valence-corrected chi connectivity index (χ3v) is 4.44. The SMILES string of the molecule is O=C(O)c1ccc(C=NNS(=O)(=O)c2ccc(Br)cc2)cc1. The van der Waals surface area contributed by atoms with Gasteiger partial charge in [0.25, 0.3) is 10.0 Å². The van der Waals surface area contributed by atoms with Gasteiger partial charge in [-0.2, -0.15) is 13.5 Å². The molecule has 0 atom stereocenters. The maximum absolute atomic E-state index is 12.0. The van der Waals surface area contributed by atoms with Crippen molar-refractivity contribution in [2.45, 2.75) is 4.90 Å². The fraction of sp³-hybridized carbons (Fsp3) is 0. The molecule has 114 valence electrons. The van der Waals surface area contributed by atoms with Crippen LogP contribution in [0.2, 0.25) is 0 Å². The first-order valence-electron chi connectivity index (χ1n) is 6.02. The monoisotopic (exact) mass is 382 g/mol. The molecule has 6 nitrogen and oxygen atoms in total. The van der Waals surface area contributed by atoms with Crippen LogP contribution in [0.15, 0.2) is 63.0 Å². The molecule has 8 heteroatoms. The molecule has 0 aliphatic heterocycles. The molecule has 2 aromatic rings. The second-order valence-corrected chi connectivity index (χ2v) is 6.81. The molecule has 0 fully saturated rings. The summed E-state index contributed by atoms with van der Waals surface area (Å²) in [5, 5.41) is 12.4. The number of nitrogens with zero attached hydrogens (tertiary/aromatic N) is 1. The average molecular weight is 383 g/mol. The number of aromatic carboxylic acids is 1. The van der Waals surface area contributed by atoms with E-state index >= 15 is 0 Å². The largest absolute Gasteiger partial charge is 0.478 e. The molecule has 0 heterocycles. The van der Waals surface area contributed by atoms with E-state index in [9.17, 15) is 13.2 Å². The van der Waals surface area contributed by atoms with E-state index < -0.39 is 16.0 Å². The minimum absolute atomic E-state index is 0.0917. The van der Waals surface area contributed by atoms with Crippen LogP contribution in [0.4, 0.5) is 0 Å². The number of hydrogen-bond donors (Lipinski definition) is 2. The van der Waals surface area contributed by atoms with E-state index in [2.05, 4.69) is 25.9 Å². The molecule has 2 N–H and O–H groups in total. The van der Waals surface area contributed by atoms with Gasteiger partial charge in [-0.05, 0) is 42.0 Å². The zero-order valence-corrected chi connectivity index (χ0v) is 13.5. The lowest BCUT2D eigenvalue weighted by Crippen LogP contribution is -2.18. The van der Waals surface area contributed by atoms with E-state index in [4.69, 9.17) is 5.11 Å². The maximum atomic E-state index is 12.0. The molecule has 0 amide bonds. The van der Waals surface area contributed by atoms with Crippen LogP contribution in [0.5, 0.6) is 0 Å². The summed E-state index contributed by atoms with van der Waals surface area (Å²) in [5.74, 6) is -1.03. The lowest BCUT2D eigenvalue weighted by Gasteiger charge is -2.03. The molecular weight excluding hydrogens is 372 g/mol. The molecule has 22 heavy (non-hydrogen) atoms. The Hall–Kier alpha value is -2.19. The van der Waals surface area contributed by atoms with Gasteiger partial charge in [-0.3, -0.25) is 0 Å². The Balaban J connectivity index is 2.08. The lowest BCUT2D eigenvalue weighted by atomic mass is 10.1. The summed E-state index contributed by atoms with van der Waals surface area (Å²) in [5.41, 5.74) is 0.719. The highest BCUT2D eigenvalue weighted by molar-refractivity contribution is 9.10. The quantitative estimate of drug-likeness (QED) is 0.613. The van der Waals surface area contributed by atoms with Crippen LogP contribution >= 0.6 is 15.9 Å². The summed E-state index contributed by atoms with van der Waals surface area (Å²) in [4.78, 5) is 12.9. The minimum Gasteiger partial charge on any atom is -0.478 e. The first-order valence-corrected chi connectivity index (χ1v) is 8.30. The number of hydrazone groups is 1. The lowest BCUT2D eigenvalue weighted by molar-refractivity contribution is 0.0697. The third-order valence-electron chi connectivity index (χ3n) is 2.67. The Bertz CT molecular complexity index is 800. The molecule has 0 saturated carbocycles. The maximum Gasteiger partial charge on any atom is 0.335 e. The van der Waals surface area contributed by atoms with Crippen molar-refractivity contribution in [1.82, 2.24) is 4.83 Å². The fourth-order valence-electron chi connectivity index (χ4n) is 1.55. The van der Waals surface area contributed by atoms with E-state index in [1.807, 2.05) is 0 Å². The normalized spacial score (nSPS) is 11.5. The van der Waals surface area contributed by atoms with E-state index in [0.29, 0.717) is 5.56 Å². The van der Waals surface area contributed by atoms with Crippen LogP contribution in [-0.2, 0) is 10.0 Å². The van der Waals surface area contributed by atoms with Gasteiger partial charge in [0.15, 0.2) is 0 Å². The molecular formula is C14H11BrN2O4S. The van der Waals surface area contributed by atoms with Crippen LogP contribution in [-0.4, -0.2) is 25.7 Å². The van der Waals surface area contributed by atoms with Crippen LogP contribution in [0.25, 0.3) is 0 Å². The number of carboxylic acid groups (broad SMARTS) is 1. The minimum atomic E-state index is -3.73. The molecule has 0 bridgehead atoms. The molecule has 0 aliphatic rings. The van der Waals surface area contributed by atoms with Crippen molar-refractivity contribution in [1.29, 1.82) is 0 Å². The van der Waals surface area contributed by atoms with Crippen molar-refractivity contribution in [2.24, 2.45) is 5.10 Å². The zero-order chi connectivity index (χ0) is 16.2. The Morgan fingerprint density at radius 3 is 2.23 bits per heavy atom. The number of sulfonamides is 1. The van der Waals surface area contributed by atoms with Crippen molar-refractivity contribution < 1.29 is 18.3 Å². The number of halogens is 1. The van der Waals surface area contributed by atoms with Crippen molar-refractivity contribution in [3.8, 4) is 0 Å². The van der Waals surface area contributed by atoms with Crippen LogP contribution in [0.3, 0.4) is 0 Å². The van der Waals surface area contributed by atoms with E-state index in [1.54, 1.807) is 12.1 Å². The Morgan fingerprint density at radius 2 is 1.68 bits per heavy atom. The van der Waals surface area contributed by atoms with Crippen LogP contribution in [0.1, 0.15) is 15.9 Å². The highest BCUT2D eigenvalue weighted by atomic mass is 79.9. The van der Waals surface area contributed by atoms with E-state index in [-0.39, 0.29) is 10.5 Å². The summed E-state index contributed by atoms with van der Waals surface area (Å²) in [6, 6.07) is 12.0. The van der Waals surface area contributed by atoms with Crippen molar-refractivity contribution >= 4 is 38.1 Å². The van der Waals surface area contributed by atoms with Gasteiger partial charge in [0.2, 0.25) is 0 Å². The predicted octanol–water partition coefficient (Wildman–Crippen LogP) is 2.46. The second-order valence-electron chi connectivity index (χ2n) is 4.23. The van der Waals surface area contributed by atoms with Crippen molar-refractivity contribution in [3.05, 3.63) is 64.1 Å². The van der Waals surface area contributed by atoms with Gasteiger partial charge in [-0.25, -0.2) is 9.63 Å². The Kier molecular flexibility index (Phi) is 4.94. The molecule has 0 aromatic heterocycles. The van der Waals surface area contributed by atoms with Gasteiger partial charge in [-0.15, -0.1) is 0 Å². The number of hydrogen-bond acceptors (Lipinski definition) is 4. The van der Waals surface area contributed by atoms with Crippen LogP contribution in [0, 0.1) is 0 Å². The van der Waals surface area contributed by atoms with Crippen molar-refractivity contribution in [3.63, 3.8) is 0 Å². The summed E-state index contributed by atoms with van der Waals surface area (Å²) in [6.45, 7) is 0. The number of carboxylic acids is 1. The van der Waals surface area contributed by atoms with Crippen molar-refractivity contribution in [2.75, 3.05) is 0 Å². The molecule has 2 rings (SSSR count). The molecule has 2 aromatic carbocycles. The van der Waals surface area contributed by atoms with Crippen LogP contribution < -0.4 is 4.83 Å². The van der Waals surface area contributed by atoms with Gasteiger partial charge in [0, 0.05) is 4.47 Å². The average Bonchev–Trinajstić information content (AvgIpc) is 2.48. The molecule has 0 aliphatic carbocycles. The zero-order valence-electron chi connectivity index (χ0n) is 11.1. The third kappa shape index (κ3) is 4.15. The van der Waals surface area contributed by atoms with E-state index in [0.717, 1.165) is 4.47 Å². The van der Waals surface area contributed by atoms with Gasteiger partial charge < -0.3 is 5.11 Å². The summed E-state index contributed by atoms with van der Waals surface area (Å²) < 4.78 is 24.7. The van der Waals surface area contributed by atoms with Gasteiger partial charge >= 0.3 is 5.97 Å². The first kappa shape index (κ1) is 16.2. The number of rotatable bonds is 5. The summed E-state index contributed by atoms with van der Waals surface area (Å²) >= 11 is 3.22. The number of benzene rings is 2. The molecule has 0 radical (unpaired) electrons. The fourth-order valence-corrected chi connectivity index (χ4v) is 2.60. The number of carbonyl (C=O) groups is 1. The van der Waals surface area contributed by atoms with Gasteiger partial charge in [0.1, 0.15) is 0 Å². The molecule has 0 saturated heterocycles. The smallest absolute Gasteiger partial charge is 0.335 e. The van der Waals surface area contributed by atoms with E-state index in [1.165, 1.54) is 42.6 Å². The highest BCUT2D eigenvalue weighted by Crippen LogP contribution is 2.14. The second kappa shape index (κ2) is 6.71. The Morgan fingerprint density at radius 1 is 1.09 bits per heavy atom. The Labute approximate surface area is 135 Å². The summed E-state index contributed by atoms with van der Waals surface area (Å²) in [6.07, 6.45) is 1.29. The summed E-state index contributed by atoms with van der Waals surface area (Å²) in [7, 11) is -3.73. The topological polar surface area (TPSA) is 95.8 Å². The van der Waals surface area contributed by atoms with Gasteiger partial charge in [0.05, 0.1) is 16.7 Å². The number of nitrogens with one attached hydrogen (secondary N) is 1. The van der Waals surface area contributed by atoms with Gasteiger partial charge in [-0.1, -0.05) is 28.1 Å². The highest BCUT2D eigenvalue weighted by Gasteiger charge is 2.11. The first-order chi connectivity index (χ1) is 10.4.